The Kier molecular flexibility index (Phi) is 41.0. The predicted octanol–water partition coefficient (Wildman–Crippen LogP) is 11.9. The van der Waals surface area contributed by atoms with E-state index in [1.807, 2.05) is 0 Å². The molecule has 0 aromatic heterocycles. The summed E-state index contributed by atoms with van der Waals surface area (Å²) in [6, 6.07) is -0.621. The summed E-state index contributed by atoms with van der Waals surface area (Å²) in [4.78, 5) is 36.5. The van der Waals surface area contributed by atoms with Gasteiger partial charge in [-0.05, 0) is 25.7 Å². The Bertz CT molecular complexity index is 986. The van der Waals surface area contributed by atoms with E-state index in [4.69, 9.17) is 23.0 Å². The molecule has 0 saturated carbocycles. The number of hydrogen-bond donors (Lipinski definition) is 2. The summed E-state index contributed by atoms with van der Waals surface area (Å²) in [6.07, 6.45) is 33.5. The van der Waals surface area contributed by atoms with Crippen molar-refractivity contribution in [3.63, 3.8) is 0 Å². The SMILES string of the molecule is C=CCOP(=O)(OCCNC=O)OCC(COCCC(CCCCCCC)OC(=O)CCCCCCCCCCC)NC(=O)CCCCCCCCCCCCC. The number of phosphoric acid groups is 1. The maximum absolute atomic E-state index is 13.3. The van der Waals surface area contributed by atoms with Gasteiger partial charge in [0.2, 0.25) is 12.3 Å². The van der Waals surface area contributed by atoms with Crippen LogP contribution in [-0.2, 0) is 42.0 Å². The molecular weight excluding hydrogens is 743 g/mol. The van der Waals surface area contributed by atoms with E-state index in [0.29, 0.717) is 32.3 Å². The van der Waals surface area contributed by atoms with Gasteiger partial charge in [0.25, 0.3) is 0 Å². The van der Waals surface area contributed by atoms with Gasteiger partial charge in [-0.25, -0.2) is 4.57 Å². The molecule has 57 heavy (non-hydrogen) atoms. The Morgan fingerprint density at radius 3 is 1.65 bits per heavy atom. The average Bonchev–Trinajstić information content (AvgIpc) is 3.20. The van der Waals surface area contributed by atoms with Gasteiger partial charge in [0, 0.05) is 25.8 Å². The smallest absolute Gasteiger partial charge is 0.462 e. The van der Waals surface area contributed by atoms with Crippen LogP contribution in [0.5, 0.6) is 0 Å². The van der Waals surface area contributed by atoms with Crippen molar-refractivity contribution in [1.29, 1.82) is 0 Å². The van der Waals surface area contributed by atoms with Gasteiger partial charge in [0.05, 0.1) is 39.1 Å². The number of rotatable bonds is 46. The monoisotopic (exact) mass is 831 g/mol. The van der Waals surface area contributed by atoms with Crippen molar-refractivity contribution < 1.29 is 42.0 Å². The summed E-state index contributed by atoms with van der Waals surface area (Å²) in [5.74, 6) is -0.271. The molecule has 0 aromatic rings. The molecule has 2 N–H and O–H groups in total. The number of hydrogen-bond acceptors (Lipinski definition) is 9. The van der Waals surface area contributed by atoms with E-state index in [0.717, 1.165) is 57.8 Å². The molecule has 0 aliphatic heterocycles. The molecular formula is C45H87N2O9P. The lowest BCUT2D eigenvalue weighted by Gasteiger charge is -2.23. The highest BCUT2D eigenvalue weighted by atomic mass is 31.2. The molecule has 0 aromatic carbocycles. The van der Waals surface area contributed by atoms with Crippen LogP contribution in [0.3, 0.4) is 0 Å². The topological polar surface area (TPSA) is 138 Å². The summed E-state index contributed by atoms with van der Waals surface area (Å²) in [5.41, 5.74) is 0. The van der Waals surface area contributed by atoms with Gasteiger partial charge in [-0.1, -0.05) is 168 Å². The van der Waals surface area contributed by atoms with Crippen LogP contribution >= 0.6 is 7.82 Å². The molecule has 0 fully saturated rings. The maximum atomic E-state index is 13.3. The number of amides is 2. The van der Waals surface area contributed by atoms with Crippen LogP contribution < -0.4 is 10.6 Å². The zero-order chi connectivity index (χ0) is 41.9. The number of carbonyl (C=O) groups excluding carboxylic acids is 3. The average molecular weight is 831 g/mol. The van der Waals surface area contributed by atoms with Crippen molar-refractivity contribution in [2.45, 2.75) is 219 Å². The molecule has 0 aliphatic rings. The van der Waals surface area contributed by atoms with Crippen LogP contribution in [0, 0.1) is 0 Å². The maximum Gasteiger partial charge on any atom is 0.475 e. The molecule has 0 rings (SSSR count). The van der Waals surface area contributed by atoms with Gasteiger partial charge in [-0.15, -0.1) is 6.58 Å². The molecule has 2 amide bonds. The normalized spacial score (nSPS) is 13.5. The van der Waals surface area contributed by atoms with Crippen molar-refractivity contribution in [2.24, 2.45) is 0 Å². The lowest BCUT2D eigenvalue weighted by molar-refractivity contribution is -0.150. The third-order valence-corrected chi connectivity index (χ3v) is 11.5. The third-order valence-electron chi connectivity index (χ3n) is 10.1. The zero-order valence-corrected chi connectivity index (χ0v) is 37.8. The first-order valence-electron chi connectivity index (χ1n) is 23.2. The fourth-order valence-corrected chi connectivity index (χ4v) is 7.79. The summed E-state index contributed by atoms with van der Waals surface area (Å²) in [7, 11) is -4.03. The first-order chi connectivity index (χ1) is 27.8. The van der Waals surface area contributed by atoms with Gasteiger partial charge in [-0.2, -0.15) is 0 Å². The molecule has 0 aliphatic carbocycles. The second-order valence-corrected chi connectivity index (χ2v) is 17.2. The van der Waals surface area contributed by atoms with Gasteiger partial charge >= 0.3 is 13.8 Å². The van der Waals surface area contributed by atoms with Crippen LogP contribution in [0.4, 0.5) is 0 Å². The second-order valence-electron chi connectivity index (χ2n) is 15.5. The van der Waals surface area contributed by atoms with Crippen molar-refractivity contribution >= 4 is 26.1 Å². The summed E-state index contributed by atoms with van der Waals surface area (Å²) >= 11 is 0. The van der Waals surface area contributed by atoms with Crippen molar-refractivity contribution in [3.05, 3.63) is 12.7 Å². The standard InChI is InChI=1S/C45H87N2O9P/c1-5-9-12-15-17-19-20-22-23-26-29-32-44(49)47-42(40-55-57(51,53-36-8-4)54-38-35-46-41-48)39-52-37-34-43(31-28-25-14-11-7-3)56-45(50)33-30-27-24-21-18-16-13-10-6-2/h8,41-43H,4-7,9-40H2,1-3H3,(H,46,48)(H,47,49). The van der Waals surface area contributed by atoms with Crippen molar-refractivity contribution in [2.75, 3.05) is 39.6 Å². The molecule has 12 heteroatoms. The number of esters is 1. The zero-order valence-electron chi connectivity index (χ0n) is 36.9. The largest absolute Gasteiger partial charge is 0.475 e. The fourth-order valence-electron chi connectivity index (χ4n) is 6.60. The summed E-state index contributed by atoms with van der Waals surface area (Å²) in [5, 5.41) is 5.45. The van der Waals surface area contributed by atoms with Crippen LogP contribution in [0.2, 0.25) is 0 Å². The summed E-state index contributed by atoms with van der Waals surface area (Å²) < 4.78 is 41.8. The lowest BCUT2D eigenvalue weighted by Crippen LogP contribution is -2.41. The molecule has 0 heterocycles. The molecule has 0 spiro atoms. The number of carbonyl (C=O) groups is 3. The Morgan fingerprint density at radius 1 is 0.614 bits per heavy atom. The van der Waals surface area contributed by atoms with Crippen molar-refractivity contribution in [1.82, 2.24) is 10.6 Å². The van der Waals surface area contributed by atoms with Crippen molar-refractivity contribution in [3.8, 4) is 0 Å². The van der Waals surface area contributed by atoms with E-state index in [2.05, 4.69) is 38.0 Å². The molecule has 336 valence electrons. The highest BCUT2D eigenvalue weighted by Crippen LogP contribution is 2.49. The quantitative estimate of drug-likeness (QED) is 0.0202. The van der Waals surface area contributed by atoms with Crippen LogP contribution in [0.15, 0.2) is 12.7 Å². The number of unbranched alkanes of at least 4 members (excludes halogenated alkanes) is 22. The number of ether oxygens (including phenoxy) is 2. The Morgan fingerprint density at radius 2 is 1.12 bits per heavy atom. The minimum absolute atomic E-state index is 0.0670. The minimum Gasteiger partial charge on any atom is -0.462 e. The second kappa shape index (κ2) is 42.3. The fraction of sp³-hybridized carbons (Fsp3) is 0.889. The summed E-state index contributed by atoms with van der Waals surface area (Å²) in [6.45, 7) is 10.5. The minimum atomic E-state index is -4.03. The van der Waals surface area contributed by atoms with Gasteiger partial charge in [-0.3, -0.25) is 28.0 Å². The Hall–Kier alpha value is -1.78. The highest BCUT2D eigenvalue weighted by Gasteiger charge is 2.28. The predicted molar refractivity (Wildman–Crippen MR) is 233 cm³/mol. The highest BCUT2D eigenvalue weighted by molar-refractivity contribution is 7.48. The van der Waals surface area contributed by atoms with E-state index in [1.165, 1.54) is 115 Å². The lowest BCUT2D eigenvalue weighted by atomic mass is 10.1. The molecule has 11 nitrogen and oxygen atoms in total. The molecule has 3 unspecified atom stereocenters. The first-order valence-corrected chi connectivity index (χ1v) is 24.7. The first kappa shape index (κ1) is 55.2. The van der Waals surface area contributed by atoms with Crippen LogP contribution in [0.1, 0.15) is 207 Å². The number of phosphoric ester groups is 1. The number of nitrogens with one attached hydrogen (secondary N) is 2. The van der Waals surface area contributed by atoms with Crippen LogP contribution in [0.25, 0.3) is 0 Å². The van der Waals surface area contributed by atoms with Gasteiger partial charge in [0.1, 0.15) is 6.10 Å². The molecule has 3 atom stereocenters. The van der Waals surface area contributed by atoms with E-state index in [9.17, 15) is 18.9 Å². The molecule has 0 bridgehead atoms. The van der Waals surface area contributed by atoms with Gasteiger partial charge in [0.15, 0.2) is 0 Å². The van der Waals surface area contributed by atoms with Crippen LogP contribution in [-0.4, -0.2) is 70.0 Å². The van der Waals surface area contributed by atoms with Gasteiger partial charge < -0.3 is 20.1 Å². The Balaban J connectivity index is 5.12. The van der Waals surface area contributed by atoms with E-state index < -0.39 is 13.9 Å². The third kappa shape index (κ3) is 38.2. The van der Waals surface area contributed by atoms with E-state index in [1.54, 1.807) is 0 Å². The molecule has 0 radical (unpaired) electrons. The van der Waals surface area contributed by atoms with E-state index >= 15 is 0 Å². The Labute approximate surface area is 349 Å². The van der Waals surface area contributed by atoms with E-state index in [-0.39, 0.29) is 51.0 Å². The molecule has 0 saturated heterocycles.